The number of para-hydroxylation sites is 1. The fourth-order valence-electron chi connectivity index (χ4n) is 3.29. The highest BCUT2D eigenvalue weighted by molar-refractivity contribution is 5.82. The molecule has 3 rings (SSSR count). The van der Waals surface area contributed by atoms with E-state index in [1.165, 1.54) is 35.7 Å². The number of aliphatic hydroxyl groups excluding tert-OH is 1. The first-order valence-electron chi connectivity index (χ1n) is 7.25. The van der Waals surface area contributed by atoms with Crippen molar-refractivity contribution in [2.24, 2.45) is 11.8 Å². The molecule has 0 radical (unpaired) electrons. The van der Waals surface area contributed by atoms with Crippen LogP contribution in [0.3, 0.4) is 0 Å². The molecule has 19 heavy (non-hydrogen) atoms. The molecule has 2 atom stereocenters. The largest absolute Gasteiger partial charge is 0.396 e. The van der Waals surface area contributed by atoms with Crippen molar-refractivity contribution in [1.29, 1.82) is 0 Å². The Kier molecular flexibility index (Phi) is 3.85. The van der Waals surface area contributed by atoms with Gasteiger partial charge >= 0.3 is 0 Å². The first kappa shape index (κ1) is 12.7. The number of aromatic amines is 1. The molecule has 0 aliphatic heterocycles. The summed E-state index contributed by atoms with van der Waals surface area (Å²) in [6.07, 6.45) is 5.81. The van der Waals surface area contributed by atoms with Gasteiger partial charge in [0.2, 0.25) is 0 Å². The van der Waals surface area contributed by atoms with E-state index in [4.69, 9.17) is 0 Å². The predicted molar refractivity (Wildman–Crippen MR) is 77.9 cm³/mol. The fourth-order valence-corrected chi connectivity index (χ4v) is 3.29. The van der Waals surface area contributed by atoms with E-state index in [9.17, 15) is 5.11 Å². The summed E-state index contributed by atoms with van der Waals surface area (Å²) in [7, 11) is 0. The Labute approximate surface area is 114 Å². The molecule has 3 heteroatoms. The van der Waals surface area contributed by atoms with Gasteiger partial charge in [0.15, 0.2) is 0 Å². The van der Waals surface area contributed by atoms with Crippen molar-refractivity contribution in [3.05, 3.63) is 36.0 Å². The minimum Gasteiger partial charge on any atom is -0.396 e. The SMILES string of the molecule is OCC1CCCC1CNCc1c[nH]c2ccccc12. The number of hydrogen-bond acceptors (Lipinski definition) is 2. The van der Waals surface area contributed by atoms with Gasteiger partial charge in [-0.2, -0.15) is 0 Å². The maximum atomic E-state index is 9.33. The third-order valence-corrected chi connectivity index (χ3v) is 4.45. The molecule has 1 saturated carbocycles. The lowest BCUT2D eigenvalue weighted by Crippen LogP contribution is -2.26. The van der Waals surface area contributed by atoms with Gasteiger partial charge in [-0.1, -0.05) is 24.6 Å². The van der Waals surface area contributed by atoms with Crippen LogP contribution in [-0.2, 0) is 6.54 Å². The zero-order valence-electron chi connectivity index (χ0n) is 11.2. The Morgan fingerprint density at radius 2 is 2.05 bits per heavy atom. The van der Waals surface area contributed by atoms with E-state index < -0.39 is 0 Å². The number of aliphatic hydroxyl groups is 1. The summed E-state index contributed by atoms with van der Waals surface area (Å²) >= 11 is 0. The number of hydrogen-bond donors (Lipinski definition) is 3. The van der Waals surface area contributed by atoms with Crippen molar-refractivity contribution in [3.63, 3.8) is 0 Å². The van der Waals surface area contributed by atoms with Crippen LogP contribution in [0.2, 0.25) is 0 Å². The zero-order chi connectivity index (χ0) is 13.1. The highest BCUT2D eigenvalue weighted by atomic mass is 16.3. The molecule has 0 saturated heterocycles. The summed E-state index contributed by atoms with van der Waals surface area (Å²) in [5.41, 5.74) is 2.53. The summed E-state index contributed by atoms with van der Waals surface area (Å²) in [5, 5.41) is 14.2. The second-order valence-electron chi connectivity index (χ2n) is 5.62. The monoisotopic (exact) mass is 258 g/mol. The molecule has 3 N–H and O–H groups in total. The Morgan fingerprint density at radius 3 is 2.95 bits per heavy atom. The zero-order valence-corrected chi connectivity index (χ0v) is 11.2. The normalized spacial score (nSPS) is 23.2. The lowest BCUT2D eigenvalue weighted by Gasteiger charge is -2.17. The smallest absolute Gasteiger partial charge is 0.0462 e. The van der Waals surface area contributed by atoms with Crippen molar-refractivity contribution >= 4 is 10.9 Å². The molecule has 1 aromatic carbocycles. The highest BCUT2D eigenvalue weighted by Crippen LogP contribution is 2.30. The van der Waals surface area contributed by atoms with Gasteiger partial charge in [0.25, 0.3) is 0 Å². The van der Waals surface area contributed by atoms with E-state index in [1.807, 2.05) is 0 Å². The molecule has 1 aliphatic carbocycles. The van der Waals surface area contributed by atoms with Crippen LogP contribution in [0.1, 0.15) is 24.8 Å². The third-order valence-electron chi connectivity index (χ3n) is 4.45. The summed E-state index contributed by atoms with van der Waals surface area (Å²) in [5.74, 6) is 1.16. The quantitative estimate of drug-likeness (QED) is 0.772. The summed E-state index contributed by atoms with van der Waals surface area (Å²) in [6, 6.07) is 8.41. The van der Waals surface area contributed by atoms with Crippen LogP contribution in [0.15, 0.2) is 30.5 Å². The molecule has 0 amide bonds. The van der Waals surface area contributed by atoms with Crippen molar-refractivity contribution in [1.82, 2.24) is 10.3 Å². The Bertz CT molecular complexity index is 534. The van der Waals surface area contributed by atoms with E-state index in [0.29, 0.717) is 18.4 Å². The van der Waals surface area contributed by atoms with E-state index in [2.05, 4.69) is 40.8 Å². The number of fused-ring (bicyclic) bond motifs is 1. The molecule has 2 unspecified atom stereocenters. The second kappa shape index (κ2) is 5.76. The molecule has 1 aromatic heterocycles. The molecule has 1 aliphatic rings. The minimum atomic E-state index is 0.347. The van der Waals surface area contributed by atoms with Crippen molar-refractivity contribution in [3.8, 4) is 0 Å². The van der Waals surface area contributed by atoms with E-state index in [1.54, 1.807) is 0 Å². The van der Waals surface area contributed by atoms with E-state index >= 15 is 0 Å². The topological polar surface area (TPSA) is 48.0 Å². The van der Waals surface area contributed by atoms with Crippen LogP contribution < -0.4 is 5.32 Å². The lowest BCUT2D eigenvalue weighted by atomic mass is 9.97. The molecular formula is C16H22N2O. The first-order valence-corrected chi connectivity index (χ1v) is 7.25. The van der Waals surface area contributed by atoms with E-state index in [-0.39, 0.29) is 0 Å². The molecule has 1 heterocycles. The number of nitrogens with one attached hydrogen (secondary N) is 2. The molecular weight excluding hydrogens is 236 g/mol. The first-order chi connectivity index (χ1) is 9.38. The Hall–Kier alpha value is -1.32. The van der Waals surface area contributed by atoms with Gasteiger partial charge in [-0.25, -0.2) is 0 Å². The maximum Gasteiger partial charge on any atom is 0.0462 e. The summed E-state index contributed by atoms with van der Waals surface area (Å²) < 4.78 is 0. The number of rotatable bonds is 5. The van der Waals surface area contributed by atoms with Crippen molar-refractivity contribution in [2.75, 3.05) is 13.2 Å². The van der Waals surface area contributed by atoms with Crippen LogP contribution in [0.4, 0.5) is 0 Å². The lowest BCUT2D eigenvalue weighted by molar-refractivity contribution is 0.192. The van der Waals surface area contributed by atoms with Crippen LogP contribution in [0, 0.1) is 11.8 Å². The van der Waals surface area contributed by atoms with Gasteiger partial charge in [0.05, 0.1) is 0 Å². The standard InChI is InChI=1S/C16H22N2O/c19-11-13-5-3-4-12(13)8-17-9-14-10-18-16-7-2-1-6-15(14)16/h1-2,6-7,10,12-13,17-19H,3-5,8-9,11H2. The fraction of sp³-hybridized carbons (Fsp3) is 0.500. The molecule has 3 nitrogen and oxygen atoms in total. The highest BCUT2D eigenvalue weighted by Gasteiger charge is 2.25. The number of aromatic nitrogens is 1. The molecule has 102 valence electrons. The number of benzene rings is 1. The maximum absolute atomic E-state index is 9.33. The van der Waals surface area contributed by atoms with Gasteiger partial charge in [0, 0.05) is 30.3 Å². The molecule has 0 spiro atoms. The van der Waals surface area contributed by atoms with Crippen LogP contribution in [0.25, 0.3) is 10.9 Å². The van der Waals surface area contributed by atoms with Gasteiger partial charge < -0.3 is 15.4 Å². The van der Waals surface area contributed by atoms with Gasteiger partial charge in [-0.3, -0.25) is 0 Å². The van der Waals surface area contributed by atoms with Crippen LogP contribution >= 0.6 is 0 Å². The van der Waals surface area contributed by atoms with Crippen LogP contribution in [-0.4, -0.2) is 23.2 Å². The second-order valence-corrected chi connectivity index (χ2v) is 5.62. The Morgan fingerprint density at radius 1 is 1.21 bits per heavy atom. The molecule has 0 bridgehead atoms. The van der Waals surface area contributed by atoms with Crippen molar-refractivity contribution in [2.45, 2.75) is 25.8 Å². The van der Waals surface area contributed by atoms with Gasteiger partial charge in [0.1, 0.15) is 0 Å². The van der Waals surface area contributed by atoms with Gasteiger partial charge in [-0.05, 0) is 42.9 Å². The number of H-pyrrole nitrogens is 1. The Balaban J connectivity index is 1.57. The molecule has 2 aromatic rings. The average molecular weight is 258 g/mol. The van der Waals surface area contributed by atoms with Gasteiger partial charge in [-0.15, -0.1) is 0 Å². The molecule has 1 fully saturated rings. The predicted octanol–water partition coefficient (Wildman–Crippen LogP) is 2.67. The van der Waals surface area contributed by atoms with Crippen LogP contribution in [0.5, 0.6) is 0 Å². The summed E-state index contributed by atoms with van der Waals surface area (Å²) in [6.45, 7) is 2.27. The average Bonchev–Trinajstić information content (AvgIpc) is 3.06. The minimum absolute atomic E-state index is 0.347. The van der Waals surface area contributed by atoms with E-state index in [0.717, 1.165) is 13.1 Å². The van der Waals surface area contributed by atoms with Crippen molar-refractivity contribution < 1.29 is 5.11 Å². The summed E-state index contributed by atoms with van der Waals surface area (Å²) in [4.78, 5) is 3.31. The third kappa shape index (κ3) is 2.67.